The highest BCUT2D eigenvalue weighted by atomic mass is 32.2. The summed E-state index contributed by atoms with van der Waals surface area (Å²) in [6, 6.07) is 12.5. The second-order valence-corrected chi connectivity index (χ2v) is 9.72. The van der Waals surface area contributed by atoms with E-state index in [1.165, 1.54) is 17.0 Å². The molecular formula is C26H29FN4O3S2. The van der Waals surface area contributed by atoms with Crippen molar-refractivity contribution in [1.29, 1.82) is 0 Å². The van der Waals surface area contributed by atoms with Crippen LogP contribution in [-0.2, 0) is 9.59 Å². The van der Waals surface area contributed by atoms with E-state index >= 15 is 0 Å². The highest BCUT2D eigenvalue weighted by Gasteiger charge is 2.32. The zero-order chi connectivity index (χ0) is 26.1. The van der Waals surface area contributed by atoms with Crippen LogP contribution in [0.25, 0.3) is 6.08 Å². The standard InChI is InChI=1S/C26H29FN4O3S2/c1-3-30(4-2)16-14-28-24(33)19-7-11-21(12-8-19)29-23(32)13-15-31-25(34)22(36-26(31)35)17-18-5-9-20(27)10-6-18/h5-12,17H,3-4,13-16H2,1-2H3,(H,28,33)(H,29,32)/b22-17-. The van der Waals surface area contributed by atoms with E-state index in [-0.39, 0.29) is 36.5 Å². The van der Waals surface area contributed by atoms with Gasteiger partial charge < -0.3 is 15.5 Å². The molecule has 10 heteroatoms. The molecule has 36 heavy (non-hydrogen) atoms. The summed E-state index contributed by atoms with van der Waals surface area (Å²) in [5.41, 5.74) is 1.76. The van der Waals surface area contributed by atoms with E-state index in [1.807, 2.05) is 0 Å². The molecule has 2 N–H and O–H groups in total. The lowest BCUT2D eigenvalue weighted by atomic mass is 10.2. The van der Waals surface area contributed by atoms with E-state index in [0.717, 1.165) is 31.4 Å². The summed E-state index contributed by atoms with van der Waals surface area (Å²) in [6.07, 6.45) is 1.71. The molecule has 3 amide bonds. The number of hydrogen-bond acceptors (Lipinski definition) is 6. The van der Waals surface area contributed by atoms with Gasteiger partial charge in [0.25, 0.3) is 11.8 Å². The summed E-state index contributed by atoms with van der Waals surface area (Å²) in [7, 11) is 0. The molecule has 1 aliphatic rings. The Kier molecular flexibility index (Phi) is 10.2. The second kappa shape index (κ2) is 13.3. The van der Waals surface area contributed by atoms with E-state index in [4.69, 9.17) is 12.2 Å². The van der Waals surface area contributed by atoms with Gasteiger partial charge in [-0.3, -0.25) is 19.3 Å². The number of nitrogens with one attached hydrogen (secondary N) is 2. The molecule has 1 saturated heterocycles. The van der Waals surface area contributed by atoms with Crippen LogP contribution in [0.1, 0.15) is 36.2 Å². The Morgan fingerprint density at radius 1 is 1.08 bits per heavy atom. The highest BCUT2D eigenvalue weighted by Crippen LogP contribution is 2.32. The van der Waals surface area contributed by atoms with Gasteiger partial charge in [-0.15, -0.1) is 0 Å². The van der Waals surface area contributed by atoms with Crippen LogP contribution in [0.15, 0.2) is 53.4 Å². The summed E-state index contributed by atoms with van der Waals surface area (Å²) in [6.45, 7) is 7.53. The van der Waals surface area contributed by atoms with E-state index in [9.17, 15) is 18.8 Å². The molecule has 1 fully saturated rings. The Bertz CT molecular complexity index is 1130. The Hall–Kier alpha value is -3.08. The highest BCUT2D eigenvalue weighted by molar-refractivity contribution is 8.26. The van der Waals surface area contributed by atoms with Gasteiger partial charge in [0, 0.05) is 37.3 Å². The van der Waals surface area contributed by atoms with Crippen LogP contribution in [0, 0.1) is 5.82 Å². The third-order valence-electron chi connectivity index (χ3n) is 5.64. The number of amides is 3. The number of carbonyl (C=O) groups is 3. The zero-order valence-corrected chi connectivity index (χ0v) is 21.9. The summed E-state index contributed by atoms with van der Waals surface area (Å²) < 4.78 is 13.5. The molecule has 0 aromatic heterocycles. The number of thioether (sulfide) groups is 1. The topological polar surface area (TPSA) is 81.8 Å². The molecule has 0 atom stereocenters. The van der Waals surface area contributed by atoms with Gasteiger partial charge in [-0.25, -0.2) is 4.39 Å². The molecule has 0 saturated carbocycles. The molecule has 2 aromatic rings. The maximum absolute atomic E-state index is 13.1. The Morgan fingerprint density at radius 2 is 1.75 bits per heavy atom. The number of rotatable bonds is 11. The van der Waals surface area contributed by atoms with E-state index in [1.54, 1.807) is 42.5 Å². The van der Waals surface area contributed by atoms with Crippen molar-refractivity contribution < 1.29 is 18.8 Å². The van der Waals surface area contributed by atoms with Crippen molar-refractivity contribution in [2.75, 3.05) is 38.0 Å². The van der Waals surface area contributed by atoms with Crippen LogP contribution in [-0.4, -0.2) is 64.6 Å². The third kappa shape index (κ3) is 7.71. The van der Waals surface area contributed by atoms with Gasteiger partial charge >= 0.3 is 0 Å². The lowest BCUT2D eigenvalue weighted by Crippen LogP contribution is -2.34. The average molecular weight is 529 g/mol. The maximum atomic E-state index is 13.1. The number of thiocarbonyl (C=S) groups is 1. The zero-order valence-electron chi connectivity index (χ0n) is 20.3. The molecule has 0 radical (unpaired) electrons. The van der Waals surface area contributed by atoms with Crippen LogP contribution in [0.4, 0.5) is 10.1 Å². The van der Waals surface area contributed by atoms with Gasteiger partial charge in [0.2, 0.25) is 5.91 Å². The van der Waals surface area contributed by atoms with Crippen molar-refractivity contribution in [1.82, 2.24) is 15.1 Å². The third-order valence-corrected chi connectivity index (χ3v) is 7.02. The van der Waals surface area contributed by atoms with Crippen molar-refractivity contribution in [3.05, 3.63) is 70.4 Å². The van der Waals surface area contributed by atoms with E-state index < -0.39 is 0 Å². The fraction of sp³-hybridized carbons (Fsp3) is 0.308. The average Bonchev–Trinajstić information content (AvgIpc) is 3.14. The molecule has 0 spiro atoms. The number of anilines is 1. The normalized spacial score (nSPS) is 14.6. The Balaban J connectivity index is 1.47. The van der Waals surface area contributed by atoms with Gasteiger partial charge in [0.05, 0.1) is 4.91 Å². The first-order valence-corrected chi connectivity index (χ1v) is 12.9. The second-order valence-electron chi connectivity index (χ2n) is 8.04. The molecule has 1 aliphatic heterocycles. The predicted octanol–water partition coefficient (Wildman–Crippen LogP) is 4.13. The molecular weight excluding hydrogens is 499 g/mol. The van der Waals surface area contributed by atoms with Crippen molar-refractivity contribution in [3.63, 3.8) is 0 Å². The van der Waals surface area contributed by atoms with Gasteiger partial charge in [-0.1, -0.05) is 50.0 Å². The fourth-order valence-corrected chi connectivity index (χ4v) is 4.82. The van der Waals surface area contributed by atoms with Gasteiger partial charge in [0.1, 0.15) is 10.1 Å². The molecule has 0 bridgehead atoms. The number of halogens is 1. The first kappa shape index (κ1) is 27.5. The SMILES string of the molecule is CCN(CC)CCNC(=O)c1ccc(NC(=O)CCN2C(=O)/C(=C/c3ccc(F)cc3)SC2=S)cc1. The van der Waals surface area contributed by atoms with E-state index in [0.29, 0.717) is 32.6 Å². The lowest BCUT2D eigenvalue weighted by Gasteiger charge is -2.18. The van der Waals surface area contributed by atoms with Crippen LogP contribution in [0.3, 0.4) is 0 Å². The number of benzene rings is 2. The molecule has 0 unspecified atom stereocenters. The monoisotopic (exact) mass is 528 g/mol. The van der Waals surface area contributed by atoms with Crippen LogP contribution >= 0.6 is 24.0 Å². The molecule has 7 nitrogen and oxygen atoms in total. The van der Waals surface area contributed by atoms with Crippen LogP contribution in [0.2, 0.25) is 0 Å². The predicted molar refractivity (Wildman–Crippen MR) is 146 cm³/mol. The minimum absolute atomic E-state index is 0.0594. The number of nitrogens with zero attached hydrogens (tertiary/aromatic N) is 2. The lowest BCUT2D eigenvalue weighted by molar-refractivity contribution is -0.122. The number of carbonyl (C=O) groups excluding carboxylic acids is 3. The van der Waals surface area contributed by atoms with Gasteiger partial charge in [-0.05, 0) is 61.1 Å². The van der Waals surface area contributed by atoms with Crippen molar-refractivity contribution in [2.45, 2.75) is 20.3 Å². The maximum Gasteiger partial charge on any atom is 0.266 e. The van der Waals surface area contributed by atoms with E-state index in [2.05, 4.69) is 29.4 Å². The number of hydrogen-bond donors (Lipinski definition) is 2. The minimum atomic E-state index is -0.352. The summed E-state index contributed by atoms with van der Waals surface area (Å²) in [5.74, 6) is -1.07. The smallest absolute Gasteiger partial charge is 0.266 e. The minimum Gasteiger partial charge on any atom is -0.351 e. The molecule has 0 aliphatic carbocycles. The Labute approximate surface area is 220 Å². The number of likely N-dealkylation sites (N-methyl/N-ethyl adjacent to an activating group) is 1. The molecule has 1 heterocycles. The first-order chi connectivity index (χ1) is 17.3. The quantitative estimate of drug-likeness (QED) is 0.337. The first-order valence-electron chi connectivity index (χ1n) is 11.7. The molecule has 190 valence electrons. The molecule has 3 rings (SSSR count). The molecule has 2 aromatic carbocycles. The Morgan fingerprint density at radius 3 is 2.39 bits per heavy atom. The van der Waals surface area contributed by atoms with Gasteiger partial charge in [0.15, 0.2) is 0 Å². The van der Waals surface area contributed by atoms with Crippen LogP contribution in [0.5, 0.6) is 0 Å². The largest absolute Gasteiger partial charge is 0.351 e. The fourth-order valence-electron chi connectivity index (χ4n) is 3.51. The summed E-state index contributed by atoms with van der Waals surface area (Å²) in [5, 5.41) is 5.67. The van der Waals surface area contributed by atoms with Gasteiger partial charge in [-0.2, -0.15) is 0 Å². The van der Waals surface area contributed by atoms with Crippen LogP contribution < -0.4 is 10.6 Å². The van der Waals surface area contributed by atoms with Crippen molar-refractivity contribution >= 4 is 57.8 Å². The summed E-state index contributed by atoms with van der Waals surface area (Å²) in [4.78, 5) is 41.5. The van der Waals surface area contributed by atoms with Crippen molar-refractivity contribution in [3.8, 4) is 0 Å². The van der Waals surface area contributed by atoms with Crippen molar-refractivity contribution in [2.24, 2.45) is 0 Å². The summed E-state index contributed by atoms with van der Waals surface area (Å²) >= 11 is 6.46.